The van der Waals surface area contributed by atoms with Gasteiger partial charge >= 0.3 is 0 Å². The highest BCUT2D eigenvalue weighted by Gasteiger charge is 2.22. The normalized spacial score (nSPS) is 10.7. The van der Waals surface area contributed by atoms with Crippen LogP contribution >= 0.6 is 0 Å². The summed E-state index contributed by atoms with van der Waals surface area (Å²) in [5, 5.41) is 11.2. The molecule has 2 aromatic carbocycles. The van der Waals surface area contributed by atoms with Gasteiger partial charge in [0.1, 0.15) is 24.7 Å². The highest BCUT2D eigenvalue weighted by molar-refractivity contribution is 7.92. The Morgan fingerprint density at radius 3 is 2.32 bits per heavy atom. The first-order valence-corrected chi connectivity index (χ1v) is 9.87. The molecule has 2 rings (SSSR count). The molecule has 0 heterocycles. The van der Waals surface area contributed by atoms with Crippen LogP contribution in [0.15, 0.2) is 47.4 Å². The molecule has 0 spiro atoms. The quantitative estimate of drug-likeness (QED) is 0.317. The summed E-state index contributed by atoms with van der Waals surface area (Å²) in [5.74, 6) is -1.15. The highest BCUT2D eigenvalue weighted by Crippen LogP contribution is 2.31. The van der Waals surface area contributed by atoms with E-state index in [1.165, 1.54) is 43.5 Å². The molecular weight excluding hydrogens is 436 g/mol. The van der Waals surface area contributed by atoms with Gasteiger partial charge in [0.05, 0.1) is 23.0 Å². The van der Waals surface area contributed by atoms with Gasteiger partial charge in [-0.05, 0) is 36.4 Å². The number of hydroxylamine groups is 1. The van der Waals surface area contributed by atoms with Crippen LogP contribution in [0.4, 0.5) is 11.4 Å². The smallest absolute Gasteiger partial charge is 0.297 e. The van der Waals surface area contributed by atoms with E-state index in [4.69, 9.17) is 20.0 Å². The minimum atomic E-state index is -4.16. The standard InChI is InChI=1S/C17H18N4O9S/c1-28-12-4-7-14(15(8-12)21(24)25)20-31(26,27)13-5-2-11(3-6-13)30-19-17(23)10-29-9-16(18)22/h2-8,20H,9-10H2,1H3,(H2,18,22)(H,19,23). The first-order valence-electron chi connectivity index (χ1n) is 8.39. The minimum Gasteiger partial charge on any atom is -0.496 e. The van der Waals surface area contributed by atoms with Crippen LogP contribution in [0.5, 0.6) is 11.5 Å². The maximum atomic E-state index is 12.6. The Bertz CT molecular complexity index is 1070. The van der Waals surface area contributed by atoms with Crippen molar-refractivity contribution in [1.29, 1.82) is 0 Å². The molecule has 0 unspecified atom stereocenters. The van der Waals surface area contributed by atoms with Crippen molar-refractivity contribution >= 4 is 33.2 Å². The topological polar surface area (TPSA) is 189 Å². The number of anilines is 1. The summed E-state index contributed by atoms with van der Waals surface area (Å²) in [5.41, 5.74) is 6.17. The molecule has 0 aromatic heterocycles. The van der Waals surface area contributed by atoms with Gasteiger partial charge in [-0.25, -0.2) is 8.42 Å². The van der Waals surface area contributed by atoms with E-state index in [1.54, 1.807) is 0 Å². The Morgan fingerprint density at radius 2 is 1.74 bits per heavy atom. The second kappa shape index (κ2) is 10.2. The maximum absolute atomic E-state index is 12.6. The molecule has 0 atom stereocenters. The molecule has 0 saturated carbocycles. The number of hydrogen-bond acceptors (Lipinski definition) is 9. The number of rotatable bonds is 11. The first-order chi connectivity index (χ1) is 14.6. The molecule has 4 N–H and O–H groups in total. The summed E-state index contributed by atoms with van der Waals surface area (Å²) < 4.78 is 36.9. The monoisotopic (exact) mass is 454 g/mol. The Kier molecular flexibility index (Phi) is 7.70. The lowest BCUT2D eigenvalue weighted by atomic mass is 10.2. The second-order valence-electron chi connectivity index (χ2n) is 5.80. The first kappa shape index (κ1) is 23.4. The van der Waals surface area contributed by atoms with Gasteiger partial charge in [-0.15, -0.1) is 0 Å². The van der Waals surface area contributed by atoms with E-state index in [-0.39, 0.29) is 22.1 Å². The highest BCUT2D eigenvalue weighted by atomic mass is 32.2. The lowest BCUT2D eigenvalue weighted by molar-refractivity contribution is -0.384. The lowest BCUT2D eigenvalue weighted by Gasteiger charge is -2.11. The van der Waals surface area contributed by atoms with Crippen molar-refractivity contribution in [1.82, 2.24) is 5.48 Å². The van der Waals surface area contributed by atoms with Crippen molar-refractivity contribution in [2.24, 2.45) is 5.73 Å². The van der Waals surface area contributed by atoms with Crippen LogP contribution in [0.1, 0.15) is 0 Å². The van der Waals surface area contributed by atoms with Gasteiger partial charge in [-0.3, -0.25) is 24.4 Å². The predicted molar refractivity (Wildman–Crippen MR) is 106 cm³/mol. The van der Waals surface area contributed by atoms with Crippen LogP contribution in [-0.2, 0) is 24.3 Å². The van der Waals surface area contributed by atoms with E-state index in [2.05, 4.69) is 4.72 Å². The zero-order valence-electron chi connectivity index (χ0n) is 16.1. The van der Waals surface area contributed by atoms with E-state index in [9.17, 15) is 28.1 Å². The third-order valence-corrected chi connectivity index (χ3v) is 4.92. The molecule has 0 aliphatic heterocycles. The van der Waals surface area contributed by atoms with E-state index >= 15 is 0 Å². The Balaban J connectivity index is 2.04. The second-order valence-corrected chi connectivity index (χ2v) is 7.49. The van der Waals surface area contributed by atoms with Gasteiger partial charge in [0, 0.05) is 0 Å². The average molecular weight is 454 g/mol. The van der Waals surface area contributed by atoms with Gasteiger partial charge in [-0.1, -0.05) is 0 Å². The summed E-state index contributed by atoms with van der Waals surface area (Å²) in [6.45, 7) is -0.903. The average Bonchev–Trinajstić information content (AvgIpc) is 2.72. The number of primary amides is 1. The summed E-state index contributed by atoms with van der Waals surface area (Å²) in [4.78, 5) is 37.2. The largest absolute Gasteiger partial charge is 0.496 e. The van der Waals surface area contributed by atoms with Crippen molar-refractivity contribution in [3.05, 3.63) is 52.6 Å². The van der Waals surface area contributed by atoms with E-state index in [1.807, 2.05) is 5.48 Å². The number of sulfonamides is 1. The number of benzene rings is 2. The molecule has 0 aliphatic rings. The van der Waals surface area contributed by atoms with Crippen LogP contribution in [0.2, 0.25) is 0 Å². The van der Waals surface area contributed by atoms with Crippen LogP contribution < -0.4 is 25.5 Å². The molecule has 2 aromatic rings. The molecule has 13 nitrogen and oxygen atoms in total. The number of nitrogens with two attached hydrogens (primary N) is 1. The fourth-order valence-electron chi connectivity index (χ4n) is 2.16. The summed E-state index contributed by atoms with van der Waals surface area (Å²) in [7, 11) is -2.84. The minimum absolute atomic E-state index is 0.0950. The van der Waals surface area contributed by atoms with Crippen LogP contribution in [0.25, 0.3) is 0 Å². The predicted octanol–water partition coefficient (Wildman–Crippen LogP) is 0.316. The molecule has 0 bridgehead atoms. The molecule has 14 heteroatoms. The van der Waals surface area contributed by atoms with Crippen molar-refractivity contribution < 1.29 is 37.2 Å². The van der Waals surface area contributed by atoms with Gasteiger partial charge in [0.25, 0.3) is 21.6 Å². The summed E-state index contributed by atoms with van der Waals surface area (Å²) in [6.07, 6.45) is 0. The van der Waals surface area contributed by atoms with Crippen LogP contribution in [-0.4, -0.2) is 45.5 Å². The molecule has 0 aliphatic carbocycles. The Morgan fingerprint density at radius 1 is 1.10 bits per heavy atom. The maximum Gasteiger partial charge on any atom is 0.297 e. The number of hydrogen-bond donors (Lipinski definition) is 3. The lowest BCUT2D eigenvalue weighted by Crippen LogP contribution is -2.32. The third-order valence-electron chi connectivity index (χ3n) is 3.54. The number of carbonyl (C=O) groups is 2. The number of nitrogens with one attached hydrogen (secondary N) is 2. The van der Waals surface area contributed by atoms with Gasteiger partial charge in [0.2, 0.25) is 5.91 Å². The SMILES string of the molecule is COc1ccc(NS(=O)(=O)c2ccc(ONC(=O)COCC(N)=O)cc2)c([N+](=O)[O-])c1. The van der Waals surface area contributed by atoms with Crippen LogP contribution in [0, 0.1) is 10.1 Å². The van der Waals surface area contributed by atoms with E-state index < -0.39 is 45.7 Å². The van der Waals surface area contributed by atoms with Crippen LogP contribution in [0.3, 0.4) is 0 Å². The van der Waals surface area contributed by atoms with Gasteiger partial charge < -0.3 is 20.0 Å². The molecule has 0 radical (unpaired) electrons. The third kappa shape index (κ3) is 6.83. The van der Waals surface area contributed by atoms with Crippen molar-refractivity contribution in [3.8, 4) is 11.5 Å². The van der Waals surface area contributed by atoms with E-state index in [0.29, 0.717) is 0 Å². The Hall–Kier alpha value is -3.91. The fourth-order valence-corrected chi connectivity index (χ4v) is 3.23. The molecule has 0 saturated heterocycles. The molecule has 2 amide bonds. The summed E-state index contributed by atoms with van der Waals surface area (Å²) in [6, 6.07) is 8.51. The Labute approximate surface area is 176 Å². The number of methoxy groups -OCH3 is 1. The molecular formula is C17H18N4O9S. The van der Waals surface area contributed by atoms with Crippen molar-refractivity contribution in [2.45, 2.75) is 4.90 Å². The molecule has 166 valence electrons. The zero-order valence-corrected chi connectivity index (χ0v) is 16.9. The van der Waals surface area contributed by atoms with Crippen molar-refractivity contribution in [2.75, 3.05) is 25.0 Å². The summed E-state index contributed by atoms with van der Waals surface area (Å²) >= 11 is 0. The number of nitro benzene ring substituents is 1. The number of carbonyl (C=O) groups excluding carboxylic acids is 2. The van der Waals surface area contributed by atoms with Gasteiger partial charge in [0.15, 0.2) is 5.75 Å². The van der Waals surface area contributed by atoms with Gasteiger partial charge in [-0.2, -0.15) is 5.48 Å². The number of amides is 2. The van der Waals surface area contributed by atoms with E-state index in [0.717, 1.165) is 6.07 Å². The number of nitrogens with zero attached hydrogens (tertiary/aromatic N) is 1. The number of nitro groups is 1. The molecule has 0 fully saturated rings. The number of ether oxygens (including phenoxy) is 2. The zero-order chi connectivity index (χ0) is 23.0. The van der Waals surface area contributed by atoms with Crippen molar-refractivity contribution in [3.63, 3.8) is 0 Å². The molecule has 31 heavy (non-hydrogen) atoms. The fraction of sp³-hybridized carbons (Fsp3) is 0.176.